The molecule has 1 aromatic heterocycles. The fraction of sp³-hybridized carbons (Fsp3) is 0.400. The number of pyridine rings is 1. The molecule has 0 unspecified atom stereocenters. The highest BCUT2D eigenvalue weighted by molar-refractivity contribution is 6.30. The summed E-state index contributed by atoms with van der Waals surface area (Å²) in [6, 6.07) is 1.77. The Kier molecular flexibility index (Phi) is 3.18. The van der Waals surface area contributed by atoms with E-state index in [0.29, 0.717) is 23.9 Å². The first-order valence-electron chi connectivity index (χ1n) is 4.74. The maximum atomic E-state index is 10.8. The van der Waals surface area contributed by atoms with Crippen molar-refractivity contribution in [1.29, 1.82) is 0 Å². The Morgan fingerprint density at radius 1 is 1.47 bits per heavy atom. The van der Waals surface area contributed by atoms with E-state index in [0.717, 1.165) is 25.1 Å². The molecule has 0 saturated carbocycles. The lowest BCUT2D eigenvalue weighted by Crippen LogP contribution is -2.36. The molecule has 2 heterocycles. The van der Waals surface area contributed by atoms with Gasteiger partial charge in [0.05, 0.1) is 23.9 Å². The first-order chi connectivity index (χ1) is 7.31. The van der Waals surface area contributed by atoms with Crippen LogP contribution in [0.5, 0.6) is 0 Å². The zero-order valence-corrected chi connectivity index (χ0v) is 8.91. The molecule has 5 heteroatoms. The summed E-state index contributed by atoms with van der Waals surface area (Å²) < 4.78 is 5.24. The van der Waals surface area contributed by atoms with Crippen LogP contribution in [0, 0.1) is 0 Å². The molecule has 2 rings (SSSR count). The Morgan fingerprint density at radius 3 is 2.87 bits per heavy atom. The minimum atomic E-state index is 0.432. The number of carbonyl (C=O) groups excluding carboxylic acids is 1. The van der Waals surface area contributed by atoms with E-state index >= 15 is 0 Å². The van der Waals surface area contributed by atoms with E-state index in [2.05, 4.69) is 9.88 Å². The monoisotopic (exact) mass is 226 g/mol. The second kappa shape index (κ2) is 4.59. The molecule has 80 valence electrons. The van der Waals surface area contributed by atoms with Gasteiger partial charge < -0.3 is 9.64 Å². The van der Waals surface area contributed by atoms with E-state index in [-0.39, 0.29) is 0 Å². The molecule has 0 bridgehead atoms. The number of hydrogen-bond donors (Lipinski definition) is 0. The van der Waals surface area contributed by atoms with Crippen LogP contribution in [0.2, 0.25) is 5.02 Å². The zero-order valence-electron chi connectivity index (χ0n) is 8.15. The summed E-state index contributed by atoms with van der Waals surface area (Å²) in [5.41, 5.74) is 1.22. The molecule has 4 nitrogen and oxygen atoms in total. The van der Waals surface area contributed by atoms with E-state index in [4.69, 9.17) is 16.3 Å². The number of aromatic nitrogens is 1. The fourth-order valence-corrected chi connectivity index (χ4v) is 1.74. The van der Waals surface area contributed by atoms with E-state index < -0.39 is 0 Å². The zero-order chi connectivity index (χ0) is 10.7. The number of nitrogens with zero attached hydrogens (tertiary/aromatic N) is 2. The van der Waals surface area contributed by atoms with Crippen molar-refractivity contribution in [3.8, 4) is 0 Å². The van der Waals surface area contributed by atoms with Crippen LogP contribution in [0.4, 0.5) is 5.69 Å². The van der Waals surface area contributed by atoms with Crippen molar-refractivity contribution in [3.05, 3.63) is 23.0 Å². The minimum Gasteiger partial charge on any atom is -0.378 e. The lowest BCUT2D eigenvalue weighted by atomic mass is 10.2. The van der Waals surface area contributed by atoms with Crippen molar-refractivity contribution in [2.75, 3.05) is 31.2 Å². The summed E-state index contributed by atoms with van der Waals surface area (Å²) in [4.78, 5) is 16.9. The molecule has 0 amide bonds. The van der Waals surface area contributed by atoms with Gasteiger partial charge in [0.1, 0.15) is 5.69 Å². The second-order valence-electron chi connectivity index (χ2n) is 3.28. The number of aldehydes is 1. The molecule has 15 heavy (non-hydrogen) atoms. The topological polar surface area (TPSA) is 42.4 Å². The van der Waals surface area contributed by atoms with Crippen molar-refractivity contribution in [1.82, 2.24) is 4.98 Å². The molecule has 1 saturated heterocycles. The van der Waals surface area contributed by atoms with Gasteiger partial charge in [-0.05, 0) is 6.07 Å². The van der Waals surface area contributed by atoms with Crippen LogP contribution in [-0.2, 0) is 4.74 Å². The minimum absolute atomic E-state index is 0.432. The van der Waals surface area contributed by atoms with Gasteiger partial charge in [-0.3, -0.25) is 4.79 Å². The maximum absolute atomic E-state index is 10.8. The molecular formula is C10H11ClN2O2. The number of morpholine rings is 1. The summed E-state index contributed by atoms with van der Waals surface area (Å²) in [6.45, 7) is 2.88. The van der Waals surface area contributed by atoms with E-state index in [1.54, 1.807) is 6.07 Å². The van der Waals surface area contributed by atoms with Gasteiger partial charge in [-0.25, -0.2) is 4.98 Å². The third-order valence-corrected chi connectivity index (χ3v) is 2.53. The highest BCUT2D eigenvalue weighted by Gasteiger charge is 2.15. The molecule has 1 aliphatic heterocycles. The predicted molar refractivity (Wildman–Crippen MR) is 57.7 cm³/mol. The van der Waals surface area contributed by atoms with Gasteiger partial charge in [-0.2, -0.15) is 0 Å². The summed E-state index contributed by atoms with van der Waals surface area (Å²) in [7, 11) is 0. The van der Waals surface area contributed by atoms with E-state index in [9.17, 15) is 4.79 Å². The van der Waals surface area contributed by atoms with Gasteiger partial charge in [0.15, 0.2) is 6.29 Å². The quantitative estimate of drug-likeness (QED) is 0.715. The number of carbonyl (C=O) groups is 1. The Balaban J connectivity index is 2.31. The molecule has 1 aliphatic rings. The smallest absolute Gasteiger partial charge is 0.170 e. The molecule has 0 spiro atoms. The van der Waals surface area contributed by atoms with Crippen molar-refractivity contribution in [2.45, 2.75) is 0 Å². The third kappa shape index (κ3) is 2.27. The standard InChI is InChI=1S/C10H11ClN2O2/c11-8-5-10(9(7-14)12-6-8)13-1-3-15-4-2-13/h5-7H,1-4H2. The molecule has 0 N–H and O–H groups in total. The van der Waals surface area contributed by atoms with Gasteiger partial charge in [0.25, 0.3) is 0 Å². The van der Waals surface area contributed by atoms with Crippen LogP contribution in [-0.4, -0.2) is 37.6 Å². The summed E-state index contributed by atoms with van der Waals surface area (Å²) in [5.74, 6) is 0. The number of anilines is 1. The average molecular weight is 227 g/mol. The van der Waals surface area contributed by atoms with Gasteiger partial charge >= 0.3 is 0 Å². The molecule has 0 aromatic carbocycles. The van der Waals surface area contributed by atoms with Gasteiger partial charge in [-0.1, -0.05) is 11.6 Å². The van der Waals surface area contributed by atoms with Crippen LogP contribution in [0.3, 0.4) is 0 Å². The van der Waals surface area contributed by atoms with Gasteiger partial charge in [-0.15, -0.1) is 0 Å². The van der Waals surface area contributed by atoms with Crippen molar-refractivity contribution in [3.63, 3.8) is 0 Å². The van der Waals surface area contributed by atoms with Crippen molar-refractivity contribution >= 4 is 23.6 Å². The molecule has 1 aromatic rings. The Labute approximate surface area is 92.8 Å². The summed E-state index contributed by atoms with van der Waals surface area (Å²) in [6.07, 6.45) is 2.23. The molecular weight excluding hydrogens is 216 g/mol. The van der Waals surface area contributed by atoms with Crippen molar-refractivity contribution < 1.29 is 9.53 Å². The average Bonchev–Trinajstić information content (AvgIpc) is 2.30. The highest BCUT2D eigenvalue weighted by atomic mass is 35.5. The largest absolute Gasteiger partial charge is 0.378 e. The van der Waals surface area contributed by atoms with Crippen LogP contribution < -0.4 is 4.90 Å². The molecule has 0 atom stereocenters. The van der Waals surface area contributed by atoms with Crippen molar-refractivity contribution in [2.24, 2.45) is 0 Å². The first-order valence-corrected chi connectivity index (χ1v) is 5.12. The normalized spacial score (nSPS) is 16.5. The Hall–Kier alpha value is -1.13. The van der Waals surface area contributed by atoms with Crippen LogP contribution in [0.25, 0.3) is 0 Å². The maximum Gasteiger partial charge on any atom is 0.170 e. The van der Waals surface area contributed by atoms with Crippen LogP contribution >= 0.6 is 11.6 Å². The molecule has 0 radical (unpaired) electrons. The van der Waals surface area contributed by atoms with Crippen LogP contribution in [0.15, 0.2) is 12.3 Å². The fourth-order valence-electron chi connectivity index (χ4n) is 1.59. The third-order valence-electron chi connectivity index (χ3n) is 2.33. The lowest BCUT2D eigenvalue weighted by Gasteiger charge is -2.29. The second-order valence-corrected chi connectivity index (χ2v) is 3.71. The number of halogens is 1. The Morgan fingerprint density at radius 2 is 2.20 bits per heavy atom. The van der Waals surface area contributed by atoms with E-state index in [1.165, 1.54) is 6.20 Å². The molecule has 0 aliphatic carbocycles. The number of ether oxygens (including phenoxy) is 1. The van der Waals surface area contributed by atoms with Crippen LogP contribution in [0.1, 0.15) is 10.5 Å². The number of hydrogen-bond acceptors (Lipinski definition) is 4. The lowest BCUT2D eigenvalue weighted by molar-refractivity contribution is 0.111. The number of rotatable bonds is 2. The predicted octanol–water partition coefficient (Wildman–Crippen LogP) is 1.38. The summed E-state index contributed by atoms with van der Waals surface area (Å²) in [5, 5.41) is 0.544. The van der Waals surface area contributed by atoms with Gasteiger partial charge in [0, 0.05) is 19.3 Å². The summed E-state index contributed by atoms with van der Waals surface area (Å²) >= 11 is 5.86. The highest BCUT2D eigenvalue weighted by Crippen LogP contribution is 2.22. The van der Waals surface area contributed by atoms with Gasteiger partial charge in [0.2, 0.25) is 0 Å². The molecule has 1 fully saturated rings. The van der Waals surface area contributed by atoms with E-state index in [1.807, 2.05) is 0 Å². The SMILES string of the molecule is O=Cc1ncc(Cl)cc1N1CCOCC1. The Bertz CT molecular complexity index is 364. The first kappa shape index (κ1) is 10.4.